The molecular weight excluding hydrogens is 288 g/mol. The lowest BCUT2D eigenvalue weighted by atomic mass is 10.2. The summed E-state index contributed by atoms with van der Waals surface area (Å²) in [5, 5.41) is 6.68. The molecule has 0 aliphatic heterocycles. The SMILES string of the molecule is CCOC(=O)Nc1cccc(CNc2ccc(Cl)cc2)c1. The number of rotatable bonds is 5. The third kappa shape index (κ3) is 5.00. The van der Waals surface area contributed by atoms with Crippen LogP contribution in [0.5, 0.6) is 0 Å². The van der Waals surface area contributed by atoms with Gasteiger partial charge in [0, 0.05) is 22.9 Å². The van der Waals surface area contributed by atoms with Crippen molar-refractivity contribution in [3.8, 4) is 0 Å². The van der Waals surface area contributed by atoms with Gasteiger partial charge in [0.2, 0.25) is 0 Å². The molecule has 0 aliphatic carbocycles. The van der Waals surface area contributed by atoms with Gasteiger partial charge < -0.3 is 10.1 Å². The molecule has 2 N–H and O–H groups in total. The molecule has 0 unspecified atom stereocenters. The van der Waals surface area contributed by atoms with Crippen LogP contribution in [0.1, 0.15) is 12.5 Å². The molecule has 2 rings (SSSR count). The van der Waals surface area contributed by atoms with Gasteiger partial charge in [-0.05, 0) is 48.9 Å². The Labute approximate surface area is 129 Å². The second-order valence-corrected chi connectivity index (χ2v) is 4.84. The average Bonchev–Trinajstić information content (AvgIpc) is 2.47. The summed E-state index contributed by atoms with van der Waals surface area (Å²) in [4.78, 5) is 11.4. The van der Waals surface area contributed by atoms with Crippen molar-refractivity contribution in [1.82, 2.24) is 0 Å². The van der Waals surface area contributed by atoms with Gasteiger partial charge in [-0.2, -0.15) is 0 Å². The molecule has 0 atom stereocenters. The van der Waals surface area contributed by atoms with Crippen molar-refractivity contribution in [3.63, 3.8) is 0 Å². The Kier molecular flexibility index (Phi) is 5.46. The first kappa shape index (κ1) is 15.2. The van der Waals surface area contributed by atoms with Gasteiger partial charge in [-0.3, -0.25) is 5.32 Å². The minimum Gasteiger partial charge on any atom is -0.450 e. The fourth-order valence-corrected chi connectivity index (χ4v) is 1.94. The molecule has 2 aromatic carbocycles. The molecule has 21 heavy (non-hydrogen) atoms. The topological polar surface area (TPSA) is 50.4 Å². The molecule has 0 heterocycles. The molecule has 0 saturated carbocycles. The zero-order valence-corrected chi connectivity index (χ0v) is 12.5. The summed E-state index contributed by atoms with van der Waals surface area (Å²) in [7, 11) is 0. The van der Waals surface area contributed by atoms with Gasteiger partial charge in [-0.15, -0.1) is 0 Å². The van der Waals surface area contributed by atoms with Crippen molar-refractivity contribution >= 4 is 29.1 Å². The first-order chi connectivity index (χ1) is 10.2. The molecule has 110 valence electrons. The van der Waals surface area contributed by atoms with E-state index in [2.05, 4.69) is 10.6 Å². The number of halogens is 1. The number of benzene rings is 2. The number of ether oxygens (including phenoxy) is 1. The van der Waals surface area contributed by atoms with E-state index in [0.717, 1.165) is 11.3 Å². The smallest absolute Gasteiger partial charge is 0.411 e. The normalized spacial score (nSPS) is 10.0. The van der Waals surface area contributed by atoms with Crippen molar-refractivity contribution < 1.29 is 9.53 Å². The van der Waals surface area contributed by atoms with Crippen LogP contribution in [0.15, 0.2) is 48.5 Å². The van der Waals surface area contributed by atoms with Crippen LogP contribution in [0.25, 0.3) is 0 Å². The third-order valence-corrected chi connectivity index (χ3v) is 3.04. The van der Waals surface area contributed by atoms with Crippen molar-refractivity contribution in [3.05, 3.63) is 59.1 Å². The second kappa shape index (κ2) is 7.55. The number of carbonyl (C=O) groups is 1. The highest BCUT2D eigenvalue weighted by molar-refractivity contribution is 6.30. The van der Waals surface area contributed by atoms with E-state index in [1.165, 1.54) is 0 Å². The fraction of sp³-hybridized carbons (Fsp3) is 0.188. The van der Waals surface area contributed by atoms with Gasteiger partial charge >= 0.3 is 6.09 Å². The van der Waals surface area contributed by atoms with E-state index in [4.69, 9.17) is 16.3 Å². The van der Waals surface area contributed by atoms with Crippen LogP contribution in [0.3, 0.4) is 0 Å². The maximum absolute atomic E-state index is 11.4. The van der Waals surface area contributed by atoms with Crippen LogP contribution in [0.2, 0.25) is 5.02 Å². The monoisotopic (exact) mass is 304 g/mol. The van der Waals surface area contributed by atoms with Crippen molar-refractivity contribution in [2.45, 2.75) is 13.5 Å². The number of carbonyl (C=O) groups excluding carboxylic acids is 1. The Hall–Kier alpha value is -2.20. The molecular formula is C16H17ClN2O2. The van der Waals surface area contributed by atoms with E-state index in [9.17, 15) is 4.79 Å². The number of amides is 1. The van der Waals surface area contributed by atoms with Gasteiger partial charge in [0.1, 0.15) is 0 Å². The van der Waals surface area contributed by atoms with E-state index in [1.807, 2.05) is 48.5 Å². The number of anilines is 2. The predicted octanol–water partition coefficient (Wildman–Crippen LogP) is 4.52. The predicted molar refractivity (Wildman–Crippen MR) is 85.9 cm³/mol. The summed E-state index contributed by atoms with van der Waals surface area (Å²) in [6, 6.07) is 15.1. The lowest BCUT2D eigenvalue weighted by Gasteiger charge is -2.09. The maximum Gasteiger partial charge on any atom is 0.411 e. The molecule has 4 nitrogen and oxygen atoms in total. The first-order valence-corrected chi connectivity index (χ1v) is 7.07. The molecule has 0 aromatic heterocycles. The first-order valence-electron chi connectivity index (χ1n) is 6.69. The molecule has 0 saturated heterocycles. The van der Waals surface area contributed by atoms with Gasteiger partial charge in [-0.1, -0.05) is 23.7 Å². The van der Waals surface area contributed by atoms with Crippen LogP contribution in [0, 0.1) is 0 Å². The minimum absolute atomic E-state index is 0.351. The van der Waals surface area contributed by atoms with E-state index in [1.54, 1.807) is 6.92 Å². The highest BCUT2D eigenvalue weighted by atomic mass is 35.5. The van der Waals surface area contributed by atoms with Crippen molar-refractivity contribution in [2.75, 3.05) is 17.2 Å². The van der Waals surface area contributed by atoms with Crippen molar-refractivity contribution in [2.24, 2.45) is 0 Å². The quantitative estimate of drug-likeness (QED) is 0.854. The molecule has 0 aliphatic rings. The van der Waals surface area contributed by atoms with Crippen molar-refractivity contribution in [1.29, 1.82) is 0 Å². The molecule has 1 amide bonds. The van der Waals surface area contributed by atoms with Crippen LogP contribution in [-0.2, 0) is 11.3 Å². The average molecular weight is 305 g/mol. The Bertz CT molecular complexity index is 599. The molecule has 5 heteroatoms. The summed E-state index contributed by atoms with van der Waals surface area (Å²) in [6.07, 6.45) is -0.444. The van der Waals surface area contributed by atoms with E-state index in [0.29, 0.717) is 23.9 Å². The Balaban J connectivity index is 1.94. The molecule has 0 radical (unpaired) electrons. The summed E-state index contributed by atoms with van der Waals surface area (Å²) in [5.74, 6) is 0. The van der Waals surface area contributed by atoms with Crippen LogP contribution < -0.4 is 10.6 Å². The molecule has 0 bridgehead atoms. The van der Waals surface area contributed by atoms with Gasteiger partial charge in [-0.25, -0.2) is 4.79 Å². The third-order valence-electron chi connectivity index (χ3n) is 2.79. The van der Waals surface area contributed by atoms with Crippen LogP contribution >= 0.6 is 11.6 Å². The molecule has 0 fully saturated rings. The Morgan fingerprint density at radius 1 is 1.14 bits per heavy atom. The van der Waals surface area contributed by atoms with Gasteiger partial charge in [0.25, 0.3) is 0 Å². The Morgan fingerprint density at radius 2 is 1.90 bits per heavy atom. The highest BCUT2D eigenvalue weighted by Crippen LogP contribution is 2.16. The number of hydrogen-bond donors (Lipinski definition) is 2. The lowest BCUT2D eigenvalue weighted by Crippen LogP contribution is -2.13. The number of nitrogens with one attached hydrogen (secondary N) is 2. The fourth-order valence-electron chi connectivity index (χ4n) is 1.82. The van der Waals surface area contributed by atoms with Crippen LogP contribution in [0.4, 0.5) is 16.2 Å². The standard InChI is InChI=1S/C16H17ClN2O2/c1-2-21-16(20)19-15-5-3-4-12(10-15)11-18-14-8-6-13(17)7-9-14/h3-10,18H,2,11H2,1H3,(H,19,20). The van der Waals surface area contributed by atoms with Crippen LogP contribution in [-0.4, -0.2) is 12.7 Å². The number of hydrogen-bond acceptors (Lipinski definition) is 3. The highest BCUT2D eigenvalue weighted by Gasteiger charge is 2.02. The minimum atomic E-state index is -0.444. The van der Waals surface area contributed by atoms with Gasteiger partial charge in [0.05, 0.1) is 6.61 Å². The van der Waals surface area contributed by atoms with E-state index >= 15 is 0 Å². The van der Waals surface area contributed by atoms with E-state index < -0.39 is 6.09 Å². The largest absolute Gasteiger partial charge is 0.450 e. The summed E-state index contributed by atoms with van der Waals surface area (Å²) < 4.78 is 4.85. The lowest BCUT2D eigenvalue weighted by molar-refractivity contribution is 0.168. The Morgan fingerprint density at radius 3 is 2.62 bits per heavy atom. The second-order valence-electron chi connectivity index (χ2n) is 4.41. The summed E-state index contributed by atoms with van der Waals surface area (Å²) >= 11 is 5.84. The molecule has 2 aromatic rings. The summed E-state index contributed by atoms with van der Waals surface area (Å²) in [5.41, 5.74) is 2.76. The van der Waals surface area contributed by atoms with E-state index in [-0.39, 0.29) is 0 Å². The zero-order chi connectivity index (χ0) is 15.1. The molecule has 0 spiro atoms. The summed E-state index contributed by atoms with van der Waals surface area (Å²) in [6.45, 7) is 2.77. The van der Waals surface area contributed by atoms with Gasteiger partial charge in [0.15, 0.2) is 0 Å². The zero-order valence-electron chi connectivity index (χ0n) is 11.7. The maximum atomic E-state index is 11.4.